The second-order valence-corrected chi connectivity index (χ2v) is 12.3. The first-order chi connectivity index (χ1) is 18.9. The van der Waals surface area contributed by atoms with E-state index in [1.807, 2.05) is 41.2 Å². The number of halogens is 3. The number of piperidine rings is 2. The van der Waals surface area contributed by atoms with Crippen LogP contribution in [0.5, 0.6) is 5.88 Å². The lowest BCUT2D eigenvalue weighted by Crippen LogP contribution is -2.39. The Hall–Kier alpha value is -3.19. The van der Waals surface area contributed by atoms with E-state index in [0.29, 0.717) is 36.2 Å². The third-order valence-corrected chi connectivity index (χ3v) is 8.85. The molecule has 0 radical (unpaired) electrons. The van der Waals surface area contributed by atoms with E-state index in [1.165, 1.54) is 11.3 Å². The van der Waals surface area contributed by atoms with Gasteiger partial charge >= 0.3 is 6.18 Å². The highest BCUT2D eigenvalue weighted by Gasteiger charge is 2.59. The fraction of sp³-hybridized carbons (Fsp3) is 0.556. The number of carbonyl (C=O) groups is 1. The maximum absolute atomic E-state index is 13.2. The number of rotatable bonds is 6. The summed E-state index contributed by atoms with van der Waals surface area (Å²) in [5.74, 6) is 0.0320. The molecule has 9 nitrogen and oxygen atoms in total. The van der Waals surface area contributed by atoms with Gasteiger partial charge < -0.3 is 20.3 Å². The zero-order valence-electron chi connectivity index (χ0n) is 22.6. The molecule has 5 heterocycles. The highest BCUT2D eigenvalue weighted by atomic mass is 32.1. The van der Waals surface area contributed by atoms with Crippen LogP contribution < -0.4 is 15.4 Å². The number of alkyl halides is 3. The number of thiazole rings is 1. The van der Waals surface area contributed by atoms with Gasteiger partial charge in [0.2, 0.25) is 5.88 Å². The van der Waals surface area contributed by atoms with Gasteiger partial charge in [0.05, 0.1) is 11.4 Å². The van der Waals surface area contributed by atoms with Gasteiger partial charge in [-0.3, -0.25) is 9.48 Å². The highest BCUT2D eigenvalue weighted by Crippen LogP contribution is 2.48. The predicted molar refractivity (Wildman–Crippen MR) is 144 cm³/mol. The number of aryl methyl sites for hydroxylation is 1. The number of pyridine rings is 1. The molecule has 13 heteroatoms. The van der Waals surface area contributed by atoms with Gasteiger partial charge in [-0.1, -0.05) is 0 Å². The lowest BCUT2D eigenvalue weighted by molar-refractivity contribution is -0.179. The van der Waals surface area contributed by atoms with Crippen LogP contribution in [0.15, 0.2) is 29.1 Å². The number of hydrogen-bond acceptors (Lipinski definition) is 8. The molecule has 0 bridgehead atoms. The van der Waals surface area contributed by atoms with Crippen LogP contribution >= 0.6 is 11.3 Å². The van der Waals surface area contributed by atoms with Crippen molar-refractivity contribution < 1.29 is 22.7 Å². The van der Waals surface area contributed by atoms with Gasteiger partial charge in [0.15, 0.2) is 0 Å². The fourth-order valence-corrected chi connectivity index (χ4v) is 6.31. The van der Waals surface area contributed by atoms with Crippen molar-refractivity contribution in [3.8, 4) is 17.3 Å². The van der Waals surface area contributed by atoms with Crippen molar-refractivity contribution in [1.82, 2.24) is 24.6 Å². The molecule has 0 aromatic carbocycles. The van der Waals surface area contributed by atoms with Crippen molar-refractivity contribution in [3.05, 3.63) is 40.3 Å². The molecule has 40 heavy (non-hydrogen) atoms. The summed E-state index contributed by atoms with van der Waals surface area (Å²) in [7, 11) is 1.76. The van der Waals surface area contributed by atoms with Crippen LogP contribution in [0.25, 0.3) is 11.4 Å². The number of anilines is 1. The number of ether oxygens (including phenoxy) is 1. The molecule has 214 valence electrons. The lowest BCUT2D eigenvalue weighted by atomic mass is 9.94. The third kappa shape index (κ3) is 5.16. The molecule has 3 atom stereocenters. The predicted octanol–water partition coefficient (Wildman–Crippen LogP) is 4.06. The van der Waals surface area contributed by atoms with Crippen molar-refractivity contribution in [2.24, 2.45) is 30.5 Å². The van der Waals surface area contributed by atoms with Gasteiger partial charge in [0.25, 0.3) is 5.91 Å². The Balaban J connectivity index is 1.12. The molecule has 1 amide bonds. The lowest BCUT2D eigenvalue weighted by Gasteiger charge is -2.34. The first-order valence-corrected chi connectivity index (χ1v) is 14.3. The Labute approximate surface area is 234 Å². The summed E-state index contributed by atoms with van der Waals surface area (Å²) in [6.07, 6.45) is -4.17. The summed E-state index contributed by atoms with van der Waals surface area (Å²) in [5.41, 5.74) is 10.2. The molecule has 6 rings (SSSR count). The first kappa shape index (κ1) is 27.0. The molecule has 2 saturated heterocycles. The van der Waals surface area contributed by atoms with E-state index in [9.17, 15) is 18.0 Å². The van der Waals surface area contributed by atoms with Crippen LogP contribution in [-0.4, -0.2) is 69.0 Å². The Bertz CT molecular complexity index is 1380. The van der Waals surface area contributed by atoms with Gasteiger partial charge in [-0.25, -0.2) is 4.98 Å². The molecular weight excluding hydrogens is 543 g/mol. The van der Waals surface area contributed by atoms with E-state index in [4.69, 9.17) is 10.5 Å². The van der Waals surface area contributed by atoms with E-state index in [1.54, 1.807) is 23.3 Å². The van der Waals surface area contributed by atoms with Crippen LogP contribution in [0.3, 0.4) is 0 Å². The number of aromatic nitrogens is 4. The average molecular weight is 576 g/mol. The smallest absolute Gasteiger partial charge is 0.391 e. The minimum Gasteiger partial charge on any atom is -0.474 e. The molecule has 3 aromatic rings. The van der Waals surface area contributed by atoms with Crippen LogP contribution in [0.1, 0.15) is 42.7 Å². The topological polar surface area (TPSA) is 102 Å². The van der Waals surface area contributed by atoms with Crippen LogP contribution in [0.2, 0.25) is 0 Å². The summed E-state index contributed by atoms with van der Waals surface area (Å²) in [4.78, 5) is 25.9. The Morgan fingerprint density at radius 2 is 1.80 bits per heavy atom. The summed E-state index contributed by atoms with van der Waals surface area (Å²) < 4.78 is 47.4. The molecule has 3 aliphatic rings. The molecule has 0 spiro atoms. The number of nitrogens with zero attached hydrogens (tertiary/aromatic N) is 6. The number of likely N-dealkylation sites (tertiary alicyclic amines) is 1. The van der Waals surface area contributed by atoms with Gasteiger partial charge in [-0.2, -0.15) is 23.3 Å². The van der Waals surface area contributed by atoms with E-state index in [-0.39, 0.29) is 49.8 Å². The van der Waals surface area contributed by atoms with Gasteiger partial charge in [-0.15, -0.1) is 11.3 Å². The summed E-state index contributed by atoms with van der Waals surface area (Å²) in [6.45, 7) is 5.44. The SMILES string of the molecule is Cn1nc(-c2cscn2)cc1C(=O)N1C[C@@H]2[C@H](C1)[C@@H]2Oc1cc(C(C)(C)N)cc(N2CCC(C(F)(F)F)CC2)n1. The summed E-state index contributed by atoms with van der Waals surface area (Å²) in [6, 6.07) is 5.44. The highest BCUT2D eigenvalue weighted by molar-refractivity contribution is 7.07. The quantitative estimate of drug-likeness (QED) is 0.473. The first-order valence-electron chi connectivity index (χ1n) is 13.4. The molecule has 1 saturated carbocycles. The molecule has 0 unspecified atom stereocenters. The number of fused-ring (bicyclic) bond motifs is 1. The Morgan fingerprint density at radius 3 is 2.40 bits per heavy atom. The molecule has 2 aliphatic heterocycles. The normalized spacial score (nSPS) is 23.4. The van der Waals surface area contributed by atoms with Crippen molar-refractivity contribution in [3.63, 3.8) is 0 Å². The summed E-state index contributed by atoms with van der Waals surface area (Å²) >= 11 is 1.48. The zero-order chi connectivity index (χ0) is 28.4. The average Bonchev–Trinajstić information content (AvgIpc) is 3.41. The standard InChI is InChI=1S/C27H32F3N7O2S/c1-26(2,31)16-8-22(36-6-4-15(5-7-36)27(28,29)30)33-23(9-16)39-24-17-11-37(12-18(17)24)25(38)21-10-19(34-35(21)3)20-13-40-14-32-20/h8-10,13-15,17-18,24H,4-7,11-12,31H2,1-3H3/t17-,18+,24-. The molecule has 1 aliphatic carbocycles. The minimum atomic E-state index is -4.17. The van der Waals surface area contributed by atoms with Crippen molar-refractivity contribution in [2.45, 2.75) is 44.5 Å². The molecule has 3 aromatic heterocycles. The zero-order valence-corrected chi connectivity index (χ0v) is 23.4. The van der Waals surface area contributed by atoms with E-state index < -0.39 is 17.6 Å². The monoisotopic (exact) mass is 575 g/mol. The van der Waals surface area contributed by atoms with E-state index in [0.717, 1.165) is 11.3 Å². The maximum Gasteiger partial charge on any atom is 0.391 e. The number of amides is 1. The second-order valence-electron chi connectivity index (χ2n) is 11.6. The number of hydrogen-bond donors (Lipinski definition) is 1. The van der Waals surface area contributed by atoms with E-state index >= 15 is 0 Å². The Kier molecular flexibility index (Phi) is 6.56. The molecule has 3 fully saturated rings. The minimum absolute atomic E-state index is 0.0379. The van der Waals surface area contributed by atoms with Crippen LogP contribution in [0.4, 0.5) is 19.0 Å². The van der Waals surface area contributed by atoms with Gasteiger partial charge in [-0.05, 0) is 44.4 Å². The number of carbonyl (C=O) groups excluding carboxylic acids is 1. The van der Waals surface area contributed by atoms with Gasteiger partial charge in [0.1, 0.15) is 29.0 Å². The molecular formula is C27H32F3N7O2S. The fourth-order valence-electron chi connectivity index (χ4n) is 5.77. The van der Waals surface area contributed by atoms with Crippen LogP contribution in [0, 0.1) is 17.8 Å². The Morgan fingerprint density at radius 1 is 1.10 bits per heavy atom. The second kappa shape index (κ2) is 9.72. The van der Waals surface area contributed by atoms with Crippen molar-refractivity contribution >= 4 is 23.1 Å². The molecule has 2 N–H and O–H groups in total. The van der Waals surface area contributed by atoms with Crippen molar-refractivity contribution in [1.29, 1.82) is 0 Å². The summed E-state index contributed by atoms with van der Waals surface area (Å²) in [5, 5.41) is 6.35. The third-order valence-electron chi connectivity index (χ3n) is 8.27. The van der Waals surface area contributed by atoms with Crippen LogP contribution in [-0.2, 0) is 12.6 Å². The van der Waals surface area contributed by atoms with Gasteiger partial charge in [0, 0.05) is 62.0 Å². The van der Waals surface area contributed by atoms with E-state index in [2.05, 4.69) is 15.1 Å². The largest absolute Gasteiger partial charge is 0.474 e. The maximum atomic E-state index is 13.2. The van der Waals surface area contributed by atoms with Crippen molar-refractivity contribution in [2.75, 3.05) is 31.1 Å². The number of nitrogens with two attached hydrogens (primary N) is 1.